The first-order valence-electron chi connectivity index (χ1n) is 10.2. The molecule has 0 N–H and O–H groups in total. The van der Waals surface area contributed by atoms with Crippen molar-refractivity contribution in [2.45, 2.75) is 13.5 Å². The number of halogens is 2. The topological polar surface area (TPSA) is 37.6 Å². The summed E-state index contributed by atoms with van der Waals surface area (Å²) in [4.78, 5) is 13.2. The number of nitrogens with zero attached hydrogens (tertiary/aromatic N) is 3. The summed E-state index contributed by atoms with van der Waals surface area (Å²) >= 11 is 6.09. The van der Waals surface area contributed by atoms with Gasteiger partial charge in [0.2, 0.25) is 0 Å². The van der Waals surface area contributed by atoms with Gasteiger partial charge in [0.1, 0.15) is 5.82 Å². The molecule has 1 amide bonds. The van der Waals surface area contributed by atoms with Gasteiger partial charge in [0.05, 0.1) is 23.5 Å². The molecule has 1 aliphatic rings. The van der Waals surface area contributed by atoms with E-state index in [0.717, 1.165) is 16.5 Å². The number of amides is 1. The molecule has 0 aliphatic carbocycles. The highest BCUT2D eigenvalue weighted by Gasteiger charge is 2.29. The Labute approximate surface area is 189 Å². The second kappa shape index (κ2) is 8.09. The van der Waals surface area contributed by atoms with E-state index in [1.807, 2.05) is 54.1 Å². The molecule has 0 atom stereocenters. The van der Waals surface area contributed by atoms with Gasteiger partial charge in [0.15, 0.2) is 0 Å². The number of carbonyl (C=O) groups excluding carboxylic acids is 1. The van der Waals surface area contributed by atoms with Gasteiger partial charge in [0, 0.05) is 33.2 Å². The molecule has 4 aromatic rings. The number of carbonyl (C=O) groups is 1. The van der Waals surface area contributed by atoms with Gasteiger partial charge < -0.3 is 4.57 Å². The Bertz CT molecular complexity index is 1420. The maximum atomic E-state index is 14.2. The predicted octanol–water partition coefficient (Wildman–Crippen LogP) is 6.29. The summed E-state index contributed by atoms with van der Waals surface area (Å²) in [6.07, 6.45) is 3.80. The Balaban J connectivity index is 1.55. The maximum absolute atomic E-state index is 14.2. The third-order valence-electron chi connectivity index (χ3n) is 5.53. The smallest absolute Gasteiger partial charge is 0.280 e. The Morgan fingerprint density at radius 1 is 1.03 bits per heavy atom. The van der Waals surface area contributed by atoms with E-state index in [9.17, 15) is 9.18 Å². The van der Waals surface area contributed by atoms with Crippen LogP contribution in [0.4, 0.5) is 10.1 Å². The van der Waals surface area contributed by atoms with Gasteiger partial charge in [-0.25, -0.2) is 4.39 Å². The fourth-order valence-corrected chi connectivity index (χ4v) is 4.14. The average Bonchev–Trinajstić information content (AvgIpc) is 3.28. The van der Waals surface area contributed by atoms with Crippen LogP contribution in [0.25, 0.3) is 17.0 Å². The van der Waals surface area contributed by atoms with Crippen molar-refractivity contribution in [2.75, 3.05) is 5.01 Å². The van der Waals surface area contributed by atoms with Gasteiger partial charge in [-0.15, -0.1) is 0 Å². The summed E-state index contributed by atoms with van der Waals surface area (Å²) in [5.74, 6) is -0.452. The largest absolute Gasteiger partial charge is 0.342 e. The molecule has 0 radical (unpaired) electrons. The van der Waals surface area contributed by atoms with Crippen LogP contribution in [0.2, 0.25) is 5.02 Å². The van der Waals surface area contributed by atoms with Crippen molar-refractivity contribution >= 4 is 45.9 Å². The van der Waals surface area contributed by atoms with Crippen molar-refractivity contribution in [3.63, 3.8) is 0 Å². The predicted molar refractivity (Wildman–Crippen MR) is 127 cm³/mol. The molecule has 0 saturated carbocycles. The fraction of sp³-hybridized carbons (Fsp3) is 0.0769. The summed E-state index contributed by atoms with van der Waals surface area (Å²) in [5.41, 5.74) is 4.21. The zero-order chi connectivity index (χ0) is 22.2. The van der Waals surface area contributed by atoms with Crippen molar-refractivity contribution in [3.8, 4) is 0 Å². The summed E-state index contributed by atoms with van der Waals surface area (Å²) in [7, 11) is 0. The van der Waals surface area contributed by atoms with Crippen molar-refractivity contribution in [1.82, 2.24) is 4.57 Å². The fourth-order valence-electron chi connectivity index (χ4n) is 3.95. The number of rotatable bonds is 4. The van der Waals surface area contributed by atoms with Crippen LogP contribution in [0.1, 0.15) is 18.1 Å². The lowest BCUT2D eigenvalue weighted by atomic mass is 10.1. The highest BCUT2D eigenvalue weighted by atomic mass is 35.5. The Morgan fingerprint density at radius 2 is 1.81 bits per heavy atom. The molecule has 0 bridgehead atoms. The molecule has 2 heterocycles. The molecule has 5 rings (SSSR count). The van der Waals surface area contributed by atoms with E-state index >= 15 is 0 Å². The Morgan fingerprint density at radius 3 is 2.62 bits per heavy atom. The molecule has 158 valence electrons. The van der Waals surface area contributed by atoms with E-state index in [1.165, 1.54) is 11.1 Å². The van der Waals surface area contributed by atoms with Crippen LogP contribution in [0.15, 0.2) is 89.7 Å². The maximum Gasteiger partial charge on any atom is 0.280 e. The minimum atomic E-state index is -0.240. The molecular weight excluding hydrogens is 425 g/mol. The first-order valence-corrected chi connectivity index (χ1v) is 10.6. The molecule has 0 unspecified atom stereocenters. The molecule has 0 spiro atoms. The van der Waals surface area contributed by atoms with Crippen LogP contribution in [-0.2, 0) is 11.3 Å². The first-order chi connectivity index (χ1) is 15.5. The SMILES string of the molecule is CC1=NN(c2cccc(Cl)c2)C(=O)/C1=C/c1cn(Cc2ccccc2F)c2ccccc12. The standard InChI is InChI=1S/C26H19ClFN3O/c1-17-23(26(32)31(29-17)21-9-6-8-20(27)14-21)13-19-16-30(25-12-5-3-10-22(19)25)15-18-7-2-4-11-24(18)28/h2-14,16H,15H2,1H3/b23-13+. The highest BCUT2D eigenvalue weighted by molar-refractivity contribution is 6.33. The van der Waals surface area contributed by atoms with Gasteiger partial charge >= 0.3 is 0 Å². The molecule has 32 heavy (non-hydrogen) atoms. The number of hydrogen-bond donors (Lipinski definition) is 0. The number of aromatic nitrogens is 1. The second-order valence-corrected chi connectivity index (χ2v) is 8.10. The van der Waals surface area contributed by atoms with Gasteiger partial charge in [-0.3, -0.25) is 4.79 Å². The zero-order valence-corrected chi connectivity index (χ0v) is 18.1. The number of hydrogen-bond acceptors (Lipinski definition) is 2. The van der Waals surface area contributed by atoms with Crippen LogP contribution < -0.4 is 5.01 Å². The van der Waals surface area contributed by atoms with Crippen molar-refractivity contribution in [1.29, 1.82) is 0 Å². The van der Waals surface area contributed by atoms with E-state index in [2.05, 4.69) is 5.10 Å². The summed E-state index contributed by atoms with van der Waals surface area (Å²) < 4.78 is 16.2. The summed E-state index contributed by atoms with van der Waals surface area (Å²) in [6, 6.07) is 21.7. The number of para-hydroxylation sites is 1. The third-order valence-corrected chi connectivity index (χ3v) is 5.77. The molecule has 1 aromatic heterocycles. The van der Waals surface area contributed by atoms with E-state index in [-0.39, 0.29) is 11.7 Å². The molecule has 4 nitrogen and oxygen atoms in total. The molecule has 0 fully saturated rings. The van der Waals surface area contributed by atoms with E-state index in [0.29, 0.717) is 34.1 Å². The second-order valence-electron chi connectivity index (χ2n) is 7.66. The highest BCUT2D eigenvalue weighted by Crippen LogP contribution is 2.30. The lowest BCUT2D eigenvalue weighted by Gasteiger charge is -2.11. The van der Waals surface area contributed by atoms with E-state index < -0.39 is 0 Å². The number of anilines is 1. The number of fused-ring (bicyclic) bond motifs is 1. The molecule has 0 saturated heterocycles. The quantitative estimate of drug-likeness (QED) is 0.341. The third kappa shape index (κ3) is 3.61. The normalized spacial score (nSPS) is 15.1. The van der Waals surface area contributed by atoms with Crippen LogP contribution in [0.5, 0.6) is 0 Å². The minimum absolute atomic E-state index is 0.212. The van der Waals surface area contributed by atoms with E-state index in [4.69, 9.17) is 11.6 Å². The Kier molecular flexibility index (Phi) is 5.11. The van der Waals surface area contributed by atoms with Gasteiger partial charge in [0.25, 0.3) is 5.91 Å². The molecule has 1 aliphatic heterocycles. The summed E-state index contributed by atoms with van der Waals surface area (Å²) in [5, 5.41) is 7.33. The van der Waals surface area contributed by atoms with Gasteiger partial charge in [-0.05, 0) is 43.3 Å². The van der Waals surface area contributed by atoms with Crippen LogP contribution in [0, 0.1) is 5.82 Å². The lowest BCUT2D eigenvalue weighted by molar-refractivity contribution is -0.114. The average molecular weight is 444 g/mol. The molecule has 6 heteroatoms. The molecular formula is C26H19ClFN3O. The monoisotopic (exact) mass is 443 g/mol. The number of hydrazone groups is 1. The Hall–Kier alpha value is -3.70. The number of benzene rings is 3. The van der Waals surface area contributed by atoms with E-state index in [1.54, 1.807) is 36.4 Å². The van der Waals surface area contributed by atoms with Crippen molar-refractivity contribution in [2.24, 2.45) is 5.10 Å². The lowest BCUT2D eigenvalue weighted by Crippen LogP contribution is -2.21. The van der Waals surface area contributed by atoms with Crippen molar-refractivity contribution in [3.05, 3.63) is 107 Å². The van der Waals surface area contributed by atoms with Gasteiger partial charge in [-0.2, -0.15) is 10.1 Å². The first kappa shape index (κ1) is 20.2. The van der Waals surface area contributed by atoms with Crippen LogP contribution in [-0.4, -0.2) is 16.2 Å². The minimum Gasteiger partial charge on any atom is -0.342 e. The van der Waals surface area contributed by atoms with Crippen LogP contribution in [0.3, 0.4) is 0 Å². The zero-order valence-electron chi connectivity index (χ0n) is 17.3. The van der Waals surface area contributed by atoms with Crippen LogP contribution >= 0.6 is 11.6 Å². The molecule has 3 aromatic carbocycles. The van der Waals surface area contributed by atoms with Gasteiger partial charge in [-0.1, -0.05) is 54.1 Å². The summed E-state index contributed by atoms with van der Waals surface area (Å²) in [6.45, 7) is 2.21. The van der Waals surface area contributed by atoms with Crippen molar-refractivity contribution < 1.29 is 9.18 Å².